The maximum atomic E-state index is 13.7. The van der Waals surface area contributed by atoms with Crippen molar-refractivity contribution in [3.05, 3.63) is 35.1 Å². The number of nitrogens with two attached hydrogens (primary N) is 1. The first-order valence-electron chi connectivity index (χ1n) is 7.17. The molecule has 0 aromatic heterocycles. The summed E-state index contributed by atoms with van der Waals surface area (Å²) in [6.45, 7) is 0.971. The Bertz CT molecular complexity index is 578. The molecule has 1 aliphatic heterocycles. The predicted molar refractivity (Wildman–Crippen MR) is 71.0 cm³/mol. The number of amides is 1. The second kappa shape index (κ2) is 5.33. The highest BCUT2D eigenvalue weighted by atomic mass is 19.2. The van der Waals surface area contributed by atoms with Gasteiger partial charge < -0.3 is 10.6 Å². The van der Waals surface area contributed by atoms with Crippen LogP contribution in [0.5, 0.6) is 0 Å². The zero-order valence-corrected chi connectivity index (χ0v) is 11.5. The molecule has 114 valence electrons. The maximum Gasteiger partial charge on any atom is 0.256 e. The van der Waals surface area contributed by atoms with Gasteiger partial charge in [0.1, 0.15) is 0 Å². The summed E-state index contributed by atoms with van der Waals surface area (Å²) in [6, 6.07) is 1.83. The first-order valence-corrected chi connectivity index (χ1v) is 7.17. The van der Waals surface area contributed by atoms with E-state index in [2.05, 4.69) is 0 Å². The number of nitrogens with zero attached hydrogens (tertiary/aromatic N) is 1. The molecular weight excluding hydrogens is 281 g/mol. The van der Waals surface area contributed by atoms with E-state index in [1.807, 2.05) is 0 Å². The Balaban J connectivity index is 1.82. The number of likely N-dealkylation sites (tertiary alicyclic amines) is 1. The van der Waals surface area contributed by atoms with Gasteiger partial charge in [-0.1, -0.05) is 6.42 Å². The molecular formula is C15H17F3N2O. The lowest BCUT2D eigenvalue weighted by Crippen LogP contribution is -2.38. The van der Waals surface area contributed by atoms with Crippen LogP contribution in [0.15, 0.2) is 12.1 Å². The van der Waals surface area contributed by atoms with Crippen LogP contribution in [0, 0.1) is 29.3 Å². The van der Waals surface area contributed by atoms with Crippen molar-refractivity contribution in [1.29, 1.82) is 0 Å². The van der Waals surface area contributed by atoms with E-state index in [0.29, 0.717) is 19.0 Å². The highest BCUT2D eigenvalue weighted by molar-refractivity contribution is 5.94. The van der Waals surface area contributed by atoms with E-state index in [9.17, 15) is 18.0 Å². The molecule has 1 amide bonds. The Morgan fingerprint density at radius 1 is 1.14 bits per heavy atom. The fourth-order valence-corrected chi connectivity index (χ4v) is 3.54. The zero-order valence-electron chi connectivity index (χ0n) is 11.5. The smallest absolute Gasteiger partial charge is 0.256 e. The van der Waals surface area contributed by atoms with Gasteiger partial charge >= 0.3 is 0 Å². The van der Waals surface area contributed by atoms with Crippen molar-refractivity contribution >= 4 is 5.91 Å². The lowest BCUT2D eigenvalue weighted by molar-refractivity contribution is 0.0777. The predicted octanol–water partition coefficient (Wildman–Crippen LogP) is 2.30. The largest absolute Gasteiger partial charge is 0.338 e. The van der Waals surface area contributed by atoms with Gasteiger partial charge in [-0.3, -0.25) is 4.79 Å². The molecule has 3 unspecified atom stereocenters. The summed E-state index contributed by atoms with van der Waals surface area (Å²) in [7, 11) is 0. The van der Waals surface area contributed by atoms with Gasteiger partial charge in [-0.2, -0.15) is 0 Å². The van der Waals surface area contributed by atoms with E-state index in [1.165, 1.54) is 4.90 Å². The van der Waals surface area contributed by atoms with Crippen molar-refractivity contribution in [3.8, 4) is 0 Å². The van der Waals surface area contributed by atoms with Gasteiger partial charge in [0, 0.05) is 19.1 Å². The number of carbonyl (C=O) groups is 1. The molecule has 1 saturated carbocycles. The molecule has 3 atom stereocenters. The molecule has 0 spiro atoms. The number of carbonyl (C=O) groups excluding carboxylic acids is 1. The van der Waals surface area contributed by atoms with Crippen molar-refractivity contribution in [1.82, 2.24) is 4.90 Å². The second-order valence-corrected chi connectivity index (χ2v) is 5.95. The first kappa shape index (κ1) is 14.4. The van der Waals surface area contributed by atoms with Crippen LogP contribution in [-0.4, -0.2) is 29.9 Å². The number of halogens is 3. The number of hydrogen-bond donors (Lipinski definition) is 1. The van der Waals surface area contributed by atoms with Gasteiger partial charge in [0.05, 0.1) is 5.56 Å². The average Bonchev–Trinajstić information content (AvgIpc) is 2.90. The molecule has 2 N–H and O–H groups in total. The van der Waals surface area contributed by atoms with Crippen LogP contribution < -0.4 is 5.73 Å². The monoisotopic (exact) mass is 298 g/mol. The fourth-order valence-electron chi connectivity index (χ4n) is 3.54. The van der Waals surface area contributed by atoms with E-state index in [1.54, 1.807) is 0 Å². The normalized spacial score (nSPS) is 28.6. The van der Waals surface area contributed by atoms with Crippen LogP contribution in [0.25, 0.3) is 0 Å². The van der Waals surface area contributed by atoms with Crippen LogP contribution in [0.4, 0.5) is 13.2 Å². The minimum Gasteiger partial charge on any atom is -0.338 e. The molecule has 1 aromatic rings. The summed E-state index contributed by atoms with van der Waals surface area (Å²) in [6.07, 6.45) is 2.97. The van der Waals surface area contributed by atoms with Gasteiger partial charge in [0.15, 0.2) is 17.5 Å². The minimum absolute atomic E-state index is 0.0522. The minimum atomic E-state index is -1.60. The molecule has 1 heterocycles. The van der Waals surface area contributed by atoms with Crippen LogP contribution in [0.3, 0.4) is 0 Å². The third-order valence-electron chi connectivity index (χ3n) is 4.71. The third kappa shape index (κ3) is 2.41. The van der Waals surface area contributed by atoms with Crippen LogP contribution >= 0.6 is 0 Å². The highest BCUT2D eigenvalue weighted by Gasteiger charge is 2.41. The molecule has 3 rings (SSSR count). The lowest BCUT2D eigenvalue weighted by Gasteiger charge is -2.29. The Morgan fingerprint density at radius 3 is 2.62 bits per heavy atom. The summed E-state index contributed by atoms with van der Waals surface area (Å²) in [4.78, 5) is 13.8. The first-order chi connectivity index (χ1) is 9.99. The molecule has 6 heteroatoms. The van der Waals surface area contributed by atoms with Crippen LogP contribution in [-0.2, 0) is 0 Å². The topological polar surface area (TPSA) is 46.3 Å². The lowest BCUT2D eigenvalue weighted by atomic mass is 9.78. The van der Waals surface area contributed by atoms with Gasteiger partial charge in [-0.05, 0) is 36.8 Å². The van der Waals surface area contributed by atoms with Gasteiger partial charge in [0.2, 0.25) is 0 Å². The molecule has 0 bridgehead atoms. The van der Waals surface area contributed by atoms with E-state index < -0.39 is 28.9 Å². The van der Waals surface area contributed by atoms with Crippen LogP contribution in [0.2, 0.25) is 0 Å². The molecule has 3 nitrogen and oxygen atoms in total. The van der Waals surface area contributed by atoms with Crippen molar-refractivity contribution < 1.29 is 18.0 Å². The SMILES string of the molecule is NC1CCCC2CN(C(=O)c3ccc(F)c(F)c3F)CC12. The fraction of sp³-hybridized carbons (Fsp3) is 0.533. The van der Waals surface area contributed by atoms with Crippen molar-refractivity contribution in [2.45, 2.75) is 25.3 Å². The van der Waals surface area contributed by atoms with Crippen LogP contribution in [0.1, 0.15) is 29.6 Å². The van der Waals surface area contributed by atoms with Gasteiger partial charge in [-0.15, -0.1) is 0 Å². The van der Waals surface area contributed by atoms with Gasteiger partial charge in [-0.25, -0.2) is 13.2 Å². The Hall–Kier alpha value is -1.56. The maximum absolute atomic E-state index is 13.7. The summed E-state index contributed by atoms with van der Waals surface area (Å²) in [5.41, 5.74) is 5.66. The Kier molecular flexibility index (Phi) is 3.65. The highest BCUT2D eigenvalue weighted by Crippen LogP contribution is 2.36. The second-order valence-electron chi connectivity index (χ2n) is 5.95. The van der Waals surface area contributed by atoms with Crippen molar-refractivity contribution in [2.75, 3.05) is 13.1 Å². The molecule has 1 saturated heterocycles. The molecule has 0 radical (unpaired) electrons. The number of rotatable bonds is 1. The molecule has 2 fully saturated rings. The number of hydrogen-bond acceptors (Lipinski definition) is 2. The average molecular weight is 298 g/mol. The van der Waals surface area contributed by atoms with Crippen molar-refractivity contribution in [3.63, 3.8) is 0 Å². The summed E-state index contributed by atoms with van der Waals surface area (Å²) >= 11 is 0. The Morgan fingerprint density at radius 2 is 1.90 bits per heavy atom. The summed E-state index contributed by atoms with van der Waals surface area (Å²) < 4.78 is 39.9. The standard InChI is InChI=1S/C15H17F3N2O/c16-11-5-4-9(13(17)14(11)18)15(21)20-6-8-2-1-3-12(19)10(8)7-20/h4-5,8,10,12H,1-3,6-7,19H2. The zero-order chi connectivity index (χ0) is 15.1. The number of fused-ring (bicyclic) bond motifs is 1. The molecule has 21 heavy (non-hydrogen) atoms. The quantitative estimate of drug-likeness (QED) is 0.809. The summed E-state index contributed by atoms with van der Waals surface area (Å²) in [5.74, 6) is -4.36. The third-order valence-corrected chi connectivity index (χ3v) is 4.71. The Labute approximate surface area is 120 Å². The summed E-state index contributed by atoms with van der Waals surface area (Å²) in [5, 5.41) is 0. The van der Waals surface area contributed by atoms with E-state index >= 15 is 0 Å². The van der Waals surface area contributed by atoms with E-state index in [-0.39, 0.29) is 12.0 Å². The van der Waals surface area contributed by atoms with E-state index in [0.717, 1.165) is 31.4 Å². The molecule has 1 aliphatic carbocycles. The van der Waals surface area contributed by atoms with E-state index in [4.69, 9.17) is 5.73 Å². The van der Waals surface area contributed by atoms with Crippen molar-refractivity contribution in [2.24, 2.45) is 17.6 Å². The molecule has 2 aliphatic rings. The molecule has 1 aromatic carbocycles. The van der Waals surface area contributed by atoms with Gasteiger partial charge in [0.25, 0.3) is 5.91 Å². The number of benzene rings is 1.